The Morgan fingerprint density at radius 2 is 2.36 bits per heavy atom. The monoisotopic (exact) mass is 324 g/mol. The number of nitrogens with one attached hydrogen (secondary N) is 2. The molecule has 2 aliphatic rings. The number of hydrogen-bond donors (Lipinski definition) is 3. The highest BCUT2D eigenvalue weighted by molar-refractivity contribution is 7.15. The van der Waals surface area contributed by atoms with Gasteiger partial charge < -0.3 is 15.3 Å². The molecule has 1 aromatic heterocycles. The maximum Gasteiger partial charge on any atom is 0.323 e. The lowest BCUT2D eigenvalue weighted by atomic mass is 9.89. The van der Waals surface area contributed by atoms with Crippen molar-refractivity contribution in [2.24, 2.45) is 5.92 Å². The van der Waals surface area contributed by atoms with Crippen LogP contribution in [0.5, 0.6) is 0 Å². The van der Waals surface area contributed by atoms with E-state index in [1.165, 1.54) is 17.7 Å². The van der Waals surface area contributed by atoms with Crippen LogP contribution in [0.2, 0.25) is 0 Å². The van der Waals surface area contributed by atoms with Gasteiger partial charge in [0.25, 0.3) is 0 Å². The number of thiazole rings is 1. The number of rotatable bonds is 3. The van der Waals surface area contributed by atoms with E-state index >= 15 is 0 Å². The third kappa shape index (κ3) is 3.11. The Morgan fingerprint density at radius 3 is 3.05 bits per heavy atom. The number of likely N-dealkylation sites (N-methyl/N-ethyl adjacent to an activating group) is 1. The maximum atomic E-state index is 12.3. The van der Waals surface area contributed by atoms with Crippen LogP contribution in [-0.2, 0) is 12.8 Å². The number of carbonyl (C=O) groups excluding carboxylic acids is 1. The molecule has 7 heteroatoms. The number of aryl methyl sites for hydroxylation is 1. The third-order valence-corrected chi connectivity index (χ3v) is 5.84. The first-order valence-corrected chi connectivity index (χ1v) is 8.81. The van der Waals surface area contributed by atoms with Crippen LogP contribution in [0.4, 0.5) is 9.93 Å². The van der Waals surface area contributed by atoms with Crippen LogP contribution in [0.3, 0.4) is 0 Å². The molecule has 1 unspecified atom stereocenters. The Hall–Kier alpha value is -1.18. The van der Waals surface area contributed by atoms with E-state index < -0.39 is 6.10 Å². The van der Waals surface area contributed by atoms with E-state index in [0.717, 1.165) is 24.5 Å². The van der Waals surface area contributed by atoms with Gasteiger partial charge in [-0.3, -0.25) is 5.32 Å². The maximum absolute atomic E-state index is 12.3. The lowest BCUT2D eigenvalue weighted by molar-refractivity contribution is 0.115. The largest absolute Gasteiger partial charge is 0.390 e. The third-order valence-electron chi connectivity index (χ3n) is 4.80. The quantitative estimate of drug-likeness (QED) is 0.786. The van der Waals surface area contributed by atoms with Crippen molar-refractivity contribution >= 4 is 22.5 Å². The summed E-state index contributed by atoms with van der Waals surface area (Å²) >= 11 is 1.60. The number of aromatic nitrogens is 1. The number of β-amino-alcohol motifs (C(OH)–C–C–N with tert-alkyl or cyclic N) is 1. The lowest BCUT2D eigenvalue weighted by Gasteiger charge is -2.25. The van der Waals surface area contributed by atoms with Gasteiger partial charge in [0.1, 0.15) is 0 Å². The highest BCUT2D eigenvalue weighted by Gasteiger charge is 2.31. The zero-order valence-corrected chi connectivity index (χ0v) is 13.9. The number of nitrogens with zero attached hydrogens (tertiary/aromatic N) is 2. The predicted octanol–water partition coefficient (Wildman–Crippen LogP) is 1.45. The number of aliphatic hydroxyl groups is 1. The van der Waals surface area contributed by atoms with E-state index in [2.05, 4.69) is 22.5 Å². The molecule has 22 heavy (non-hydrogen) atoms. The van der Waals surface area contributed by atoms with Crippen LogP contribution >= 0.6 is 11.3 Å². The normalized spacial score (nSPS) is 27.5. The molecule has 6 nitrogen and oxygen atoms in total. The molecule has 1 fully saturated rings. The minimum Gasteiger partial charge on any atom is -0.390 e. The fourth-order valence-corrected chi connectivity index (χ4v) is 4.33. The zero-order valence-electron chi connectivity index (χ0n) is 13.1. The van der Waals surface area contributed by atoms with Crippen molar-refractivity contribution in [3.05, 3.63) is 10.6 Å². The molecule has 0 spiro atoms. The first-order valence-electron chi connectivity index (χ1n) is 7.99. The molecule has 3 rings (SSSR count). The van der Waals surface area contributed by atoms with Crippen LogP contribution in [-0.4, -0.2) is 53.3 Å². The number of hydrogen-bond acceptors (Lipinski definition) is 5. The molecule has 0 radical (unpaired) electrons. The first-order chi connectivity index (χ1) is 10.6. The van der Waals surface area contributed by atoms with E-state index in [-0.39, 0.29) is 12.1 Å². The Balaban J connectivity index is 1.63. The van der Waals surface area contributed by atoms with Gasteiger partial charge in [0.2, 0.25) is 0 Å². The highest BCUT2D eigenvalue weighted by Crippen LogP contribution is 2.33. The summed E-state index contributed by atoms with van der Waals surface area (Å²) in [5.74, 6) is 0.749. The number of carbonyl (C=O) groups is 1. The average molecular weight is 324 g/mol. The van der Waals surface area contributed by atoms with E-state index in [4.69, 9.17) is 0 Å². The molecule has 3 N–H and O–H groups in total. The van der Waals surface area contributed by atoms with Crippen molar-refractivity contribution in [1.29, 1.82) is 0 Å². The summed E-state index contributed by atoms with van der Waals surface area (Å²) in [6, 6.07) is -0.384. The van der Waals surface area contributed by atoms with Crippen molar-refractivity contribution in [3.63, 3.8) is 0 Å². The van der Waals surface area contributed by atoms with E-state index in [1.807, 2.05) is 0 Å². The minimum absolute atomic E-state index is 0.181. The van der Waals surface area contributed by atoms with Crippen LogP contribution < -0.4 is 10.6 Å². The van der Waals surface area contributed by atoms with E-state index in [9.17, 15) is 9.90 Å². The van der Waals surface area contributed by atoms with Gasteiger partial charge in [-0.15, -0.1) is 11.3 Å². The van der Waals surface area contributed by atoms with Gasteiger partial charge >= 0.3 is 6.03 Å². The Kier molecular flexibility index (Phi) is 4.65. The predicted molar refractivity (Wildman–Crippen MR) is 87.4 cm³/mol. The zero-order chi connectivity index (χ0) is 15.7. The van der Waals surface area contributed by atoms with Gasteiger partial charge in [0, 0.05) is 25.0 Å². The van der Waals surface area contributed by atoms with Crippen molar-refractivity contribution in [2.45, 2.75) is 44.8 Å². The molecular formula is C15H24N4O2S. The summed E-state index contributed by atoms with van der Waals surface area (Å²) in [6.07, 6.45) is 3.99. The molecule has 2 amide bonds. The number of aliphatic hydroxyl groups excluding tert-OH is 1. The summed E-state index contributed by atoms with van der Waals surface area (Å²) < 4.78 is 0. The van der Waals surface area contributed by atoms with Gasteiger partial charge in [-0.25, -0.2) is 9.78 Å². The summed E-state index contributed by atoms with van der Waals surface area (Å²) in [5, 5.41) is 16.5. The molecule has 1 aliphatic carbocycles. The SMILES string of the molecule is CCC1CCc2nc(NC(=O)N(C)[C@H]3CNC[C@@H]3O)sc2C1. The number of anilines is 1. The van der Waals surface area contributed by atoms with Crippen molar-refractivity contribution in [2.75, 3.05) is 25.5 Å². The smallest absolute Gasteiger partial charge is 0.323 e. The number of fused-ring (bicyclic) bond motifs is 1. The van der Waals surface area contributed by atoms with Crippen LogP contribution in [0.25, 0.3) is 0 Å². The molecule has 3 atom stereocenters. The Morgan fingerprint density at radius 1 is 1.55 bits per heavy atom. The van der Waals surface area contributed by atoms with Crippen LogP contribution in [0.1, 0.15) is 30.3 Å². The second-order valence-corrected chi connectivity index (χ2v) is 7.32. The summed E-state index contributed by atoms with van der Waals surface area (Å²) in [7, 11) is 1.72. The Bertz CT molecular complexity index is 548. The molecule has 1 saturated heterocycles. The van der Waals surface area contributed by atoms with Gasteiger partial charge in [-0.05, 0) is 25.2 Å². The number of amides is 2. The second kappa shape index (κ2) is 6.52. The Labute approximate surface area is 134 Å². The summed E-state index contributed by atoms with van der Waals surface area (Å²) in [4.78, 5) is 19.8. The fourth-order valence-electron chi connectivity index (χ4n) is 3.22. The molecule has 0 aromatic carbocycles. The van der Waals surface area contributed by atoms with Crippen molar-refractivity contribution < 1.29 is 9.90 Å². The molecule has 2 heterocycles. The first kappa shape index (κ1) is 15.7. The summed E-state index contributed by atoms with van der Waals surface area (Å²) in [6.45, 7) is 3.39. The van der Waals surface area contributed by atoms with Gasteiger partial charge in [0.05, 0.1) is 17.8 Å². The van der Waals surface area contributed by atoms with Gasteiger partial charge in [-0.2, -0.15) is 0 Å². The molecule has 1 aliphatic heterocycles. The second-order valence-electron chi connectivity index (χ2n) is 6.24. The van der Waals surface area contributed by atoms with E-state index in [1.54, 1.807) is 23.3 Å². The molecule has 0 saturated carbocycles. The molecule has 0 bridgehead atoms. The topological polar surface area (TPSA) is 77.5 Å². The molecular weight excluding hydrogens is 300 g/mol. The van der Waals surface area contributed by atoms with Crippen LogP contribution in [0, 0.1) is 5.92 Å². The standard InChI is InChI=1S/C15H24N4O2S/c1-3-9-4-5-10-13(6-9)22-14(17-10)18-15(21)19(2)11-7-16-8-12(11)20/h9,11-12,16,20H,3-8H2,1-2H3,(H,17,18,21)/t9?,11-,12-/m0/s1. The lowest BCUT2D eigenvalue weighted by Crippen LogP contribution is -2.46. The average Bonchev–Trinajstić information content (AvgIpc) is 3.10. The van der Waals surface area contributed by atoms with Crippen molar-refractivity contribution in [1.82, 2.24) is 15.2 Å². The van der Waals surface area contributed by atoms with Crippen LogP contribution in [0.15, 0.2) is 0 Å². The van der Waals surface area contributed by atoms with Gasteiger partial charge in [0.15, 0.2) is 5.13 Å². The van der Waals surface area contributed by atoms with Crippen molar-refractivity contribution in [3.8, 4) is 0 Å². The fraction of sp³-hybridized carbons (Fsp3) is 0.733. The number of urea groups is 1. The van der Waals surface area contributed by atoms with Gasteiger partial charge in [-0.1, -0.05) is 13.3 Å². The summed E-state index contributed by atoms with van der Waals surface area (Å²) in [5.41, 5.74) is 1.15. The van der Waals surface area contributed by atoms with E-state index in [0.29, 0.717) is 18.2 Å². The molecule has 1 aromatic rings. The minimum atomic E-state index is -0.509. The molecule has 122 valence electrons. The highest BCUT2D eigenvalue weighted by atomic mass is 32.1.